The van der Waals surface area contributed by atoms with Gasteiger partial charge in [-0.05, 0) is 25.2 Å². The summed E-state index contributed by atoms with van der Waals surface area (Å²) in [4.78, 5) is 13.3. The standard InChI is InChI=1S/C12H19F3N2O/c1-4-8-16-9(7(2)3)10(18)17(8)11(5-6-11)12(13,14)15/h7-9,16H,4-6H2,1-3H3. The van der Waals surface area contributed by atoms with Crippen LogP contribution in [0.1, 0.15) is 40.0 Å². The predicted octanol–water partition coefficient (Wildman–Crippen LogP) is 2.27. The van der Waals surface area contributed by atoms with E-state index in [4.69, 9.17) is 0 Å². The zero-order chi connectivity index (χ0) is 13.7. The van der Waals surface area contributed by atoms with Gasteiger partial charge in [-0.3, -0.25) is 10.1 Å². The molecule has 0 aromatic heterocycles. The summed E-state index contributed by atoms with van der Waals surface area (Å²) in [6.45, 7) is 5.49. The van der Waals surface area contributed by atoms with Gasteiger partial charge in [0.1, 0.15) is 5.54 Å². The van der Waals surface area contributed by atoms with Crippen LogP contribution in [0.5, 0.6) is 0 Å². The fraction of sp³-hybridized carbons (Fsp3) is 0.917. The summed E-state index contributed by atoms with van der Waals surface area (Å²) in [6, 6.07) is -0.491. The van der Waals surface area contributed by atoms with Gasteiger partial charge in [0.25, 0.3) is 0 Å². The first-order valence-corrected chi connectivity index (χ1v) is 6.40. The molecule has 2 atom stereocenters. The molecule has 1 heterocycles. The van der Waals surface area contributed by atoms with Gasteiger partial charge in [0, 0.05) is 0 Å². The van der Waals surface area contributed by atoms with Gasteiger partial charge in [0.05, 0.1) is 12.2 Å². The summed E-state index contributed by atoms with van der Waals surface area (Å²) < 4.78 is 39.4. The Hall–Kier alpha value is -0.780. The Bertz CT molecular complexity index is 350. The molecular formula is C12H19F3N2O. The molecule has 104 valence electrons. The van der Waals surface area contributed by atoms with Crippen LogP contribution in [-0.2, 0) is 4.79 Å². The highest BCUT2D eigenvalue weighted by atomic mass is 19.4. The number of rotatable bonds is 3. The summed E-state index contributed by atoms with van der Waals surface area (Å²) in [6.07, 6.45) is -4.26. The zero-order valence-corrected chi connectivity index (χ0v) is 10.8. The Morgan fingerprint density at radius 2 is 2.00 bits per heavy atom. The Labute approximate surface area is 105 Å². The van der Waals surface area contributed by atoms with Gasteiger partial charge < -0.3 is 4.90 Å². The van der Waals surface area contributed by atoms with Crippen LogP contribution in [-0.4, -0.2) is 34.7 Å². The summed E-state index contributed by atoms with van der Waals surface area (Å²) in [5.74, 6) is -0.396. The number of carbonyl (C=O) groups is 1. The van der Waals surface area contributed by atoms with Crippen LogP contribution in [0.4, 0.5) is 13.2 Å². The van der Waals surface area contributed by atoms with Crippen LogP contribution < -0.4 is 5.32 Å². The van der Waals surface area contributed by atoms with Crippen molar-refractivity contribution in [2.24, 2.45) is 5.92 Å². The maximum absolute atomic E-state index is 13.1. The molecule has 6 heteroatoms. The summed E-state index contributed by atoms with van der Waals surface area (Å²) >= 11 is 0. The minimum absolute atomic E-state index is 0.000540. The van der Waals surface area contributed by atoms with Gasteiger partial charge in [-0.15, -0.1) is 0 Å². The lowest BCUT2D eigenvalue weighted by Gasteiger charge is -2.34. The Balaban J connectivity index is 2.29. The fourth-order valence-corrected chi connectivity index (χ4v) is 2.72. The van der Waals surface area contributed by atoms with Gasteiger partial charge in [-0.1, -0.05) is 20.8 Å². The topological polar surface area (TPSA) is 32.3 Å². The molecule has 1 saturated carbocycles. The van der Waals surface area contributed by atoms with Crippen molar-refractivity contribution in [3.8, 4) is 0 Å². The number of hydrogen-bond acceptors (Lipinski definition) is 2. The average Bonchev–Trinajstić information content (AvgIpc) is 2.97. The van der Waals surface area contributed by atoms with Crippen molar-refractivity contribution in [2.75, 3.05) is 0 Å². The largest absolute Gasteiger partial charge is 0.411 e. The SMILES string of the molecule is CCC1NC(C(C)C)C(=O)N1C1(C(F)(F)F)CC1. The average molecular weight is 264 g/mol. The number of alkyl halides is 3. The van der Waals surface area contributed by atoms with Crippen molar-refractivity contribution in [1.82, 2.24) is 10.2 Å². The monoisotopic (exact) mass is 264 g/mol. The number of carbonyl (C=O) groups excluding carboxylic acids is 1. The predicted molar refractivity (Wildman–Crippen MR) is 60.7 cm³/mol. The lowest BCUT2D eigenvalue weighted by atomic mass is 10.0. The molecule has 0 aromatic carbocycles. The van der Waals surface area contributed by atoms with E-state index in [1.54, 1.807) is 6.92 Å². The lowest BCUT2D eigenvalue weighted by molar-refractivity contribution is -0.202. The highest BCUT2D eigenvalue weighted by Gasteiger charge is 2.70. The van der Waals surface area contributed by atoms with Crippen molar-refractivity contribution >= 4 is 5.91 Å². The number of nitrogens with zero attached hydrogens (tertiary/aromatic N) is 1. The van der Waals surface area contributed by atoms with Gasteiger partial charge >= 0.3 is 6.18 Å². The van der Waals surface area contributed by atoms with Crippen LogP contribution in [0.3, 0.4) is 0 Å². The van der Waals surface area contributed by atoms with E-state index in [1.165, 1.54) is 0 Å². The van der Waals surface area contributed by atoms with Crippen molar-refractivity contribution in [3.63, 3.8) is 0 Å². The molecule has 3 nitrogen and oxygen atoms in total. The third kappa shape index (κ3) is 1.81. The highest BCUT2D eigenvalue weighted by Crippen LogP contribution is 2.55. The number of halogens is 3. The third-order valence-corrected chi connectivity index (χ3v) is 3.95. The minimum atomic E-state index is -4.33. The maximum atomic E-state index is 13.1. The van der Waals surface area contributed by atoms with E-state index in [9.17, 15) is 18.0 Å². The van der Waals surface area contributed by atoms with E-state index >= 15 is 0 Å². The van der Waals surface area contributed by atoms with Gasteiger partial charge in [0.2, 0.25) is 5.91 Å². The minimum Gasteiger partial charge on any atom is -0.311 e. The number of hydrogen-bond donors (Lipinski definition) is 1. The van der Waals surface area contributed by atoms with Crippen LogP contribution in [0.15, 0.2) is 0 Å². The van der Waals surface area contributed by atoms with E-state index in [0.29, 0.717) is 6.42 Å². The molecule has 2 unspecified atom stereocenters. The second kappa shape index (κ2) is 4.11. The van der Waals surface area contributed by atoms with Crippen LogP contribution >= 0.6 is 0 Å². The first-order chi connectivity index (χ1) is 8.24. The molecule has 1 saturated heterocycles. The van der Waals surface area contributed by atoms with Crippen molar-refractivity contribution in [3.05, 3.63) is 0 Å². The molecule has 1 N–H and O–H groups in total. The van der Waals surface area contributed by atoms with E-state index in [2.05, 4.69) is 5.32 Å². The second-order valence-electron chi connectivity index (χ2n) is 5.55. The Morgan fingerprint density at radius 1 is 1.44 bits per heavy atom. The molecule has 1 aliphatic heterocycles. The first-order valence-electron chi connectivity index (χ1n) is 6.40. The molecule has 0 aromatic rings. The molecule has 0 radical (unpaired) electrons. The molecule has 2 rings (SSSR count). The van der Waals surface area contributed by atoms with E-state index in [0.717, 1.165) is 4.90 Å². The van der Waals surface area contributed by atoms with Crippen LogP contribution in [0, 0.1) is 5.92 Å². The summed E-state index contributed by atoms with van der Waals surface area (Å²) in [5, 5.41) is 3.03. The van der Waals surface area contributed by atoms with Crippen molar-refractivity contribution < 1.29 is 18.0 Å². The zero-order valence-electron chi connectivity index (χ0n) is 10.8. The van der Waals surface area contributed by atoms with Crippen molar-refractivity contribution in [2.45, 2.75) is 64.0 Å². The maximum Gasteiger partial charge on any atom is 0.411 e. The van der Waals surface area contributed by atoms with Gasteiger partial charge in [-0.25, -0.2) is 0 Å². The number of amides is 1. The third-order valence-electron chi connectivity index (χ3n) is 3.95. The van der Waals surface area contributed by atoms with Crippen molar-refractivity contribution in [1.29, 1.82) is 0 Å². The molecule has 0 bridgehead atoms. The second-order valence-corrected chi connectivity index (χ2v) is 5.55. The van der Waals surface area contributed by atoms with Crippen LogP contribution in [0.2, 0.25) is 0 Å². The summed E-state index contributed by atoms with van der Waals surface area (Å²) in [5.41, 5.74) is -1.90. The molecule has 1 aliphatic carbocycles. The Kier molecular flexibility index (Phi) is 3.12. The molecule has 2 aliphatic rings. The van der Waals surface area contributed by atoms with E-state index in [1.807, 2.05) is 13.8 Å². The smallest absolute Gasteiger partial charge is 0.311 e. The Morgan fingerprint density at radius 3 is 2.33 bits per heavy atom. The molecule has 0 spiro atoms. The normalized spacial score (nSPS) is 31.3. The first kappa shape index (κ1) is 13.6. The fourth-order valence-electron chi connectivity index (χ4n) is 2.72. The van der Waals surface area contributed by atoms with Crippen LogP contribution in [0.25, 0.3) is 0 Å². The summed E-state index contributed by atoms with van der Waals surface area (Å²) in [7, 11) is 0. The van der Waals surface area contributed by atoms with E-state index in [-0.39, 0.29) is 18.8 Å². The number of nitrogens with one attached hydrogen (secondary N) is 1. The van der Waals surface area contributed by atoms with Gasteiger partial charge in [-0.2, -0.15) is 13.2 Å². The highest BCUT2D eigenvalue weighted by molar-refractivity contribution is 5.86. The van der Waals surface area contributed by atoms with Gasteiger partial charge in [0.15, 0.2) is 0 Å². The molecule has 2 fully saturated rings. The lowest BCUT2D eigenvalue weighted by Crippen LogP contribution is -2.53. The van der Waals surface area contributed by atoms with E-state index < -0.39 is 29.8 Å². The molecule has 18 heavy (non-hydrogen) atoms. The molecule has 1 amide bonds. The quantitative estimate of drug-likeness (QED) is 0.848. The molecular weight excluding hydrogens is 245 g/mol.